The zero-order chi connectivity index (χ0) is 14.0. The van der Waals surface area contributed by atoms with Gasteiger partial charge in [-0.05, 0) is 30.2 Å². The number of hydrogen-bond acceptors (Lipinski definition) is 3. The minimum absolute atomic E-state index is 0.242. The fourth-order valence-corrected chi connectivity index (χ4v) is 1.88. The van der Waals surface area contributed by atoms with Gasteiger partial charge in [0.1, 0.15) is 17.5 Å². The van der Waals surface area contributed by atoms with Gasteiger partial charge >= 0.3 is 0 Å². The van der Waals surface area contributed by atoms with E-state index in [1.807, 2.05) is 0 Å². The lowest BCUT2D eigenvalue weighted by atomic mass is 9.97. The first-order chi connectivity index (χ1) is 9.04. The lowest BCUT2D eigenvalue weighted by Crippen LogP contribution is -2.30. The smallest absolute Gasteiger partial charge is 0.141 e. The van der Waals surface area contributed by atoms with Crippen LogP contribution >= 0.6 is 0 Å². The Hall–Kier alpha value is -1.92. The van der Waals surface area contributed by atoms with Crippen molar-refractivity contribution in [2.24, 2.45) is 5.84 Å². The highest BCUT2D eigenvalue weighted by Crippen LogP contribution is 2.27. The van der Waals surface area contributed by atoms with E-state index in [1.165, 1.54) is 19.2 Å². The Morgan fingerprint density at radius 1 is 1.21 bits per heavy atom. The maximum atomic E-state index is 14.0. The summed E-state index contributed by atoms with van der Waals surface area (Å²) in [5.74, 6) is 3.27. The number of nitrogens with two attached hydrogens (primary N) is 1. The number of benzene rings is 1. The van der Waals surface area contributed by atoms with Crippen molar-refractivity contribution in [1.29, 1.82) is 0 Å². The van der Waals surface area contributed by atoms with Crippen molar-refractivity contribution >= 4 is 0 Å². The molecule has 1 unspecified atom stereocenters. The minimum atomic E-state index is -1.01. The summed E-state index contributed by atoms with van der Waals surface area (Å²) in [6, 6.07) is 2.58. The number of nitrogens with zero attached hydrogens (tertiary/aromatic N) is 1. The normalized spacial score (nSPS) is 12.5. The Labute approximate surface area is 108 Å². The number of hydrazine groups is 1. The van der Waals surface area contributed by atoms with Gasteiger partial charge in [0.15, 0.2) is 0 Å². The van der Waals surface area contributed by atoms with Crippen LogP contribution in [0.4, 0.5) is 13.2 Å². The molecule has 0 aliphatic rings. The summed E-state index contributed by atoms with van der Waals surface area (Å²) in [6.07, 6.45) is 2.30. The lowest BCUT2D eigenvalue weighted by Gasteiger charge is -2.18. The van der Waals surface area contributed by atoms with Crippen molar-refractivity contribution in [3.63, 3.8) is 0 Å². The summed E-state index contributed by atoms with van der Waals surface area (Å²) in [5.41, 5.74) is 2.55. The molecular weight excluding hydrogens is 255 g/mol. The number of hydrogen-bond donors (Lipinski definition) is 2. The van der Waals surface area contributed by atoms with Gasteiger partial charge in [0.25, 0.3) is 0 Å². The molecule has 0 saturated carbocycles. The summed E-state index contributed by atoms with van der Waals surface area (Å²) >= 11 is 0. The first-order valence-corrected chi connectivity index (χ1v) is 5.55. The largest absolute Gasteiger partial charge is 0.271 e. The van der Waals surface area contributed by atoms with Crippen molar-refractivity contribution in [3.8, 4) is 0 Å². The molecule has 0 bridgehead atoms. The number of aryl methyl sites for hydroxylation is 1. The van der Waals surface area contributed by atoms with E-state index in [-0.39, 0.29) is 16.7 Å². The lowest BCUT2D eigenvalue weighted by molar-refractivity contribution is 0.504. The van der Waals surface area contributed by atoms with Gasteiger partial charge in [-0.3, -0.25) is 10.8 Å². The van der Waals surface area contributed by atoms with Gasteiger partial charge in [-0.15, -0.1) is 0 Å². The maximum absolute atomic E-state index is 14.0. The van der Waals surface area contributed by atoms with Gasteiger partial charge in [0.05, 0.1) is 12.2 Å². The van der Waals surface area contributed by atoms with E-state index in [0.29, 0.717) is 0 Å². The molecule has 3 nitrogen and oxygen atoms in total. The highest BCUT2D eigenvalue weighted by molar-refractivity contribution is 5.35. The van der Waals surface area contributed by atoms with Crippen LogP contribution in [0.5, 0.6) is 0 Å². The summed E-state index contributed by atoms with van der Waals surface area (Å²) in [6.45, 7) is 1.51. The molecule has 3 N–H and O–H groups in total. The topological polar surface area (TPSA) is 50.9 Å². The standard InChI is InChI=1S/C13H12F3N3/c1-7-2-3-10(15)11(12(7)16)13(19-17)8-4-9(14)6-18-5-8/h2-6,13,19H,17H2,1H3. The van der Waals surface area contributed by atoms with E-state index >= 15 is 0 Å². The second kappa shape index (κ2) is 5.38. The third-order valence-corrected chi connectivity index (χ3v) is 2.83. The molecule has 1 aromatic carbocycles. The van der Waals surface area contributed by atoms with Gasteiger partial charge in [-0.25, -0.2) is 18.6 Å². The Morgan fingerprint density at radius 3 is 2.58 bits per heavy atom. The molecule has 0 amide bonds. The fraction of sp³-hybridized carbons (Fsp3) is 0.154. The third kappa shape index (κ3) is 2.59. The zero-order valence-corrected chi connectivity index (χ0v) is 10.1. The van der Waals surface area contributed by atoms with Gasteiger partial charge in [-0.1, -0.05) is 6.07 Å². The predicted molar refractivity (Wildman–Crippen MR) is 64.5 cm³/mol. The maximum Gasteiger partial charge on any atom is 0.141 e. The van der Waals surface area contributed by atoms with Crippen LogP contribution in [0.2, 0.25) is 0 Å². The van der Waals surface area contributed by atoms with Crippen LogP contribution in [0.15, 0.2) is 30.6 Å². The summed E-state index contributed by atoms with van der Waals surface area (Å²) < 4.78 is 41.0. The molecule has 0 aliphatic heterocycles. The second-order valence-electron chi connectivity index (χ2n) is 4.13. The molecule has 1 heterocycles. The highest BCUT2D eigenvalue weighted by Gasteiger charge is 2.22. The molecule has 2 rings (SSSR count). The van der Waals surface area contributed by atoms with E-state index in [2.05, 4.69) is 10.4 Å². The van der Waals surface area contributed by atoms with Crippen LogP contribution in [0.3, 0.4) is 0 Å². The summed E-state index contributed by atoms with van der Waals surface area (Å²) in [5, 5.41) is 0. The molecule has 2 aromatic rings. The van der Waals surface area contributed by atoms with Gasteiger partial charge in [0, 0.05) is 11.8 Å². The molecule has 19 heavy (non-hydrogen) atoms. The molecule has 0 fully saturated rings. The Kier molecular flexibility index (Phi) is 3.82. The van der Waals surface area contributed by atoms with Crippen molar-refractivity contribution < 1.29 is 13.2 Å². The Balaban J connectivity index is 2.57. The second-order valence-corrected chi connectivity index (χ2v) is 4.13. The Morgan fingerprint density at radius 2 is 1.95 bits per heavy atom. The van der Waals surface area contributed by atoms with E-state index in [4.69, 9.17) is 5.84 Å². The number of rotatable bonds is 3. The van der Waals surface area contributed by atoms with Crippen LogP contribution in [0.1, 0.15) is 22.7 Å². The van der Waals surface area contributed by atoms with E-state index in [0.717, 1.165) is 18.3 Å². The molecule has 0 spiro atoms. The van der Waals surface area contributed by atoms with E-state index in [1.54, 1.807) is 0 Å². The average Bonchev–Trinajstić information content (AvgIpc) is 2.39. The van der Waals surface area contributed by atoms with Crippen LogP contribution in [-0.4, -0.2) is 4.98 Å². The predicted octanol–water partition coefficient (Wildman–Crippen LogP) is 2.36. The van der Waals surface area contributed by atoms with Crippen LogP contribution in [0, 0.1) is 24.4 Å². The number of halogens is 3. The van der Waals surface area contributed by atoms with Crippen molar-refractivity contribution in [2.75, 3.05) is 0 Å². The number of pyridine rings is 1. The highest BCUT2D eigenvalue weighted by atomic mass is 19.1. The zero-order valence-electron chi connectivity index (χ0n) is 10.1. The van der Waals surface area contributed by atoms with Gasteiger partial charge in [0.2, 0.25) is 0 Å². The first-order valence-electron chi connectivity index (χ1n) is 5.55. The van der Waals surface area contributed by atoms with Crippen LogP contribution in [-0.2, 0) is 0 Å². The number of aromatic nitrogens is 1. The van der Waals surface area contributed by atoms with Crippen molar-refractivity contribution in [3.05, 3.63) is 64.7 Å². The van der Waals surface area contributed by atoms with Crippen LogP contribution < -0.4 is 11.3 Å². The molecule has 0 aliphatic carbocycles. The van der Waals surface area contributed by atoms with Gasteiger partial charge < -0.3 is 0 Å². The molecule has 100 valence electrons. The molecule has 1 aromatic heterocycles. The molecule has 0 radical (unpaired) electrons. The fourth-order valence-electron chi connectivity index (χ4n) is 1.88. The van der Waals surface area contributed by atoms with Crippen molar-refractivity contribution in [1.82, 2.24) is 10.4 Å². The summed E-state index contributed by atoms with van der Waals surface area (Å²) in [4.78, 5) is 3.64. The first kappa shape index (κ1) is 13.5. The van der Waals surface area contributed by atoms with E-state index in [9.17, 15) is 13.2 Å². The molecular formula is C13H12F3N3. The van der Waals surface area contributed by atoms with Crippen LogP contribution in [0.25, 0.3) is 0 Å². The molecule has 6 heteroatoms. The minimum Gasteiger partial charge on any atom is -0.271 e. The average molecular weight is 267 g/mol. The SMILES string of the molecule is Cc1ccc(F)c(C(NN)c2cncc(F)c2)c1F. The molecule has 0 saturated heterocycles. The summed E-state index contributed by atoms with van der Waals surface area (Å²) in [7, 11) is 0. The third-order valence-electron chi connectivity index (χ3n) is 2.83. The Bertz CT molecular complexity index is 602. The van der Waals surface area contributed by atoms with Gasteiger partial charge in [-0.2, -0.15) is 0 Å². The quantitative estimate of drug-likeness (QED) is 0.663. The van der Waals surface area contributed by atoms with Crippen molar-refractivity contribution in [2.45, 2.75) is 13.0 Å². The van der Waals surface area contributed by atoms with E-state index < -0.39 is 23.5 Å². The number of nitrogens with one attached hydrogen (secondary N) is 1. The monoisotopic (exact) mass is 267 g/mol. The molecule has 1 atom stereocenters.